The smallest absolute Gasteiger partial charge is 0.325 e. The molecule has 2 aromatic carbocycles. The van der Waals surface area contributed by atoms with E-state index in [1.165, 1.54) is 31.1 Å². The van der Waals surface area contributed by atoms with Crippen molar-refractivity contribution in [2.45, 2.75) is 36.9 Å². The lowest BCUT2D eigenvalue weighted by atomic mass is 9.84. The predicted molar refractivity (Wildman–Crippen MR) is 124 cm³/mol. The van der Waals surface area contributed by atoms with Crippen molar-refractivity contribution in [2.24, 2.45) is 0 Å². The normalized spacial score (nSPS) is 20.2. The van der Waals surface area contributed by atoms with Gasteiger partial charge in [-0.15, -0.1) is 0 Å². The standard InChI is InChI=1S/C23H25N5O5S/c1-4-27-18-10-9-15(34(31,32)26(2)3)13-17(18)24-20(27)14-28-21(29)23(25-22(28)30)11-12-33-19-8-6-5-7-16(19)23/h5-10,13H,4,11-12,14H2,1-3H3,(H,25,30)/t23-/m1/s1. The van der Waals surface area contributed by atoms with Gasteiger partial charge in [0.25, 0.3) is 5.91 Å². The maximum atomic E-state index is 13.6. The summed E-state index contributed by atoms with van der Waals surface area (Å²) in [6, 6.07) is 11.5. The van der Waals surface area contributed by atoms with E-state index < -0.39 is 21.6 Å². The summed E-state index contributed by atoms with van der Waals surface area (Å²) < 4.78 is 33.8. The van der Waals surface area contributed by atoms with Crippen molar-refractivity contribution in [1.82, 2.24) is 24.1 Å². The van der Waals surface area contributed by atoms with E-state index in [0.29, 0.717) is 42.2 Å². The first-order valence-corrected chi connectivity index (χ1v) is 12.4. The Morgan fingerprint density at radius 1 is 1.18 bits per heavy atom. The lowest BCUT2D eigenvalue weighted by molar-refractivity contribution is -0.133. The van der Waals surface area contributed by atoms with E-state index in [1.54, 1.807) is 18.2 Å². The van der Waals surface area contributed by atoms with Gasteiger partial charge in [-0.05, 0) is 31.2 Å². The number of carbonyl (C=O) groups is 2. The monoisotopic (exact) mass is 483 g/mol. The van der Waals surface area contributed by atoms with E-state index in [2.05, 4.69) is 10.3 Å². The van der Waals surface area contributed by atoms with E-state index in [1.807, 2.05) is 23.6 Å². The number of benzene rings is 2. The molecule has 10 nitrogen and oxygen atoms in total. The van der Waals surface area contributed by atoms with Gasteiger partial charge in [0.15, 0.2) is 5.54 Å². The summed E-state index contributed by atoms with van der Waals surface area (Å²) in [7, 11) is -0.683. The summed E-state index contributed by atoms with van der Waals surface area (Å²) in [6.07, 6.45) is 0.334. The van der Waals surface area contributed by atoms with Crippen molar-refractivity contribution in [3.63, 3.8) is 0 Å². The summed E-state index contributed by atoms with van der Waals surface area (Å²) in [6.45, 7) is 2.75. The topological polar surface area (TPSA) is 114 Å². The molecule has 1 N–H and O–H groups in total. The molecule has 3 heterocycles. The average Bonchev–Trinajstić information content (AvgIpc) is 3.28. The maximum Gasteiger partial charge on any atom is 0.325 e. The Morgan fingerprint density at radius 2 is 1.94 bits per heavy atom. The molecule has 0 aliphatic carbocycles. The molecule has 2 aliphatic heterocycles. The zero-order chi connectivity index (χ0) is 24.3. The van der Waals surface area contributed by atoms with Crippen LogP contribution in [0.5, 0.6) is 5.75 Å². The number of hydrogen-bond acceptors (Lipinski definition) is 6. The van der Waals surface area contributed by atoms with Crippen LogP contribution < -0.4 is 10.1 Å². The molecule has 1 saturated heterocycles. The Hall–Kier alpha value is -3.44. The SMILES string of the molecule is CCn1c(CN2C(=O)N[C@@]3(CCOc4ccccc43)C2=O)nc2cc(S(=O)(=O)N(C)C)ccc21. The zero-order valence-electron chi connectivity index (χ0n) is 19.1. The molecule has 0 bridgehead atoms. The van der Waals surface area contributed by atoms with Crippen LogP contribution in [0.1, 0.15) is 24.7 Å². The summed E-state index contributed by atoms with van der Waals surface area (Å²) in [5.74, 6) is 0.733. The molecule has 5 rings (SSSR count). The quantitative estimate of drug-likeness (QED) is 0.556. The van der Waals surface area contributed by atoms with Crippen molar-refractivity contribution in [3.8, 4) is 5.75 Å². The van der Waals surface area contributed by atoms with E-state index in [-0.39, 0.29) is 17.3 Å². The number of nitrogens with one attached hydrogen (secondary N) is 1. The molecule has 0 unspecified atom stereocenters. The molecule has 0 saturated carbocycles. The third kappa shape index (κ3) is 3.18. The number of carbonyl (C=O) groups excluding carboxylic acids is 2. The number of sulfonamides is 1. The number of para-hydroxylation sites is 1. The molecule has 3 aromatic rings. The minimum absolute atomic E-state index is 0.0340. The van der Waals surface area contributed by atoms with Crippen LogP contribution in [0.25, 0.3) is 11.0 Å². The molecule has 34 heavy (non-hydrogen) atoms. The van der Waals surface area contributed by atoms with Gasteiger partial charge in [-0.3, -0.25) is 9.69 Å². The molecule has 1 atom stereocenters. The van der Waals surface area contributed by atoms with Gasteiger partial charge in [-0.2, -0.15) is 0 Å². The molecule has 178 valence electrons. The largest absolute Gasteiger partial charge is 0.493 e. The zero-order valence-corrected chi connectivity index (χ0v) is 19.9. The Morgan fingerprint density at radius 3 is 2.68 bits per heavy atom. The number of ether oxygens (including phenoxy) is 1. The first-order valence-electron chi connectivity index (χ1n) is 11.0. The Labute approximate surface area is 197 Å². The van der Waals surface area contributed by atoms with Gasteiger partial charge in [-0.25, -0.2) is 22.5 Å². The van der Waals surface area contributed by atoms with Crippen LogP contribution in [0, 0.1) is 0 Å². The van der Waals surface area contributed by atoms with Gasteiger partial charge in [0, 0.05) is 32.6 Å². The number of rotatable bonds is 5. The number of imide groups is 1. The molecule has 1 spiro atoms. The van der Waals surface area contributed by atoms with Crippen LogP contribution in [-0.4, -0.2) is 59.8 Å². The number of aryl methyl sites for hydroxylation is 1. The molecule has 2 aliphatic rings. The third-order valence-electron chi connectivity index (χ3n) is 6.45. The highest BCUT2D eigenvalue weighted by molar-refractivity contribution is 7.89. The average molecular weight is 484 g/mol. The molecule has 1 aromatic heterocycles. The fraction of sp³-hybridized carbons (Fsp3) is 0.348. The lowest BCUT2D eigenvalue weighted by Crippen LogP contribution is -2.47. The van der Waals surface area contributed by atoms with Crippen LogP contribution >= 0.6 is 0 Å². The van der Waals surface area contributed by atoms with Crippen LogP contribution in [0.3, 0.4) is 0 Å². The number of imidazole rings is 1. The van der Waals surface area contributed by atoms with E-state index >= 15 is 0 Å². The number of hydrogen-bond donors (Lipinski definition) is 1. The Bertz CT molecular complexity index is 1430. The number of aromatic nitrogens is 2. The number of fused-ring (bicyclic) bond motifs is 3. The van der Waals surface area contributed by atoms with Gasteiger partial charge >= 0.3 is 6.03 Å². The van der Waals surface area contributed by atoms with Crippen molar-refractivity contribution in [1.29, 1.82) is 0 Å². The molecule has 3 amide bonds. The Kier molecular flexibility index (Phi) is 5.14. The van der Waals surface area contributed by atoms with Gasteiger partial charge in [0.05, 0.1) is 29.1 Å². The number of urea groups is 1. The van der Waals surface area contributed by atoms with E-state index in [4.69, 9.17) is 4.74 Å². The van der Waals surface area contributed by atoms with Crippen molar-refractivity contribution in [2.75, 3.05) is 20.7 Å². The van der Waals surface area contributed by atoms with Crippen molar-refractivity contribution >= 4 is 33.0 Å². The lowest BCUT2D eigenvalue weighted by Gasteiger charge is -2.33. The second-order valence-corrected chi connectivity index (χ2v) is 10.7. The number of amides is 3. The molecular weight excluding hydrogens is 458 g/mol. The summed E-state index contributed by atoms with van der Waals surface area (Å²) in [5, 5.41) is 2.89. The Balaban J connectivity index is 1.52. The fourth-order valence-electron chi connectivity index (χ4n) is 4.66. The summed E-state index contributed by atoms with van der Waals surface area (Å²) in [5.41, 5.74) is 0.693. The van der Waals surface area contributed by atoms with Crippen molar-refractivity contribution < 1.29 is 22.7 Å². The van der Waals surface area contributed by atoms with Gasteiger partial charge in [0.1, 0.15) is 11.6 Å². The minimum Gasteiger partial charge on any atom is -0.493 e. The van der Waals surface area contributed by atoms with E-state index in [0.717, 1.165) is 9.82 Å². The third-order valence-corrected chi connectivity index (χ3v) is 8.26. The van der Waals surface area contributed by atoms with Gasteiger partial charge in [0.2, 0.25) is 10.0 Å². The minimum atomic E-state index is -3.62. The molecule has 11 heteroatoms. The highest BCUT2D eigenvalue weighted by atomic mass is 32.2. The highest BCUT2D eigenvalue weighted by Crippen LogP contribution is 2.41. The fourth-order valence-corrected chi connectivity index (χ4v) is 5.58. The predicted octanol–water partition coefficient (Wildman–Crippen LogP) is 2.04. The van der Waals surface area contributed by atoms with Crippen LogP contribution in [0.4, 0.5) is 4.79 Å². The second kappa shape index (κ2) is 7.81. The van der Waals surface area contributed by atoms with Gasteiger partial charge < -0.3 is 14.6 Å². The summed E-state index contributed by atoms with van der Waals surface area (Å²) >= 11 is 0. The van der Waals surface area contributed by atoms with Crippen LogP contribution in [0.15, 0.2) is 47.4 Å². The van der Waals surface area contributed by atoms with Gasteiger partial charge in [-0.1, -0.05) is 18.2 Å². The molecular formula is C23H25N5O5S. The molecule has 1 fully saturated rings. The number of nitrogens with zero attached hydrogens (tertiary/aromatic N) is 4. The van der Waals surface area contributed by atoms with Crippen molar-refractivity contribution in [3.05, 3.63) is 53.9 Å². The first kappa shape index (κ1) is 22.4. The molecule has 0 radical (unpaired) electrons. The maximum absolute atomic E-state index is 13.6. The van der Waals surface area contributed by atoms with Crippen LogP contribution in [-0.2, 0) is 33.4 Å². The van der Waals surface area contributed by atoms with Crippen LogP contribution in [0.2, 0.25) is 0 Å². The van der Waals surface area contributed by atoms with E-state index in [9.17, 15) is 18.0 Å². The first-order chi connectivity index (χ1) is 16.2. The second-order valence-electron chi connectivity index (χ2n) is 8.53. The summed E-state index contributed by atoms with van der Waals surface area (Å²) in [4.78, 5) is 32.5. The highest BCUT2D eigenvalue weighted by Gasteiger charge is 2.55.